The van der Waals surface area contributed by atoms with Crippen LogP contribution in [0.4, 0.5) is 20.2 Å². The molecule has 2 heterocycles. The maximum atomic E-state index is 15.2. The first kappa shape index (κ1) is 26.8. The van der Waals surface area contributed by atoms with Gasteiger partial charge in [-0.05, 0) is 19.9 Å². The summed E-state index contributed by atoms with van der Waals surface area (Å²) in [4.78, 5) is 44.9. The first-order valence-corrected chi connectivity index (χ1v) is 10.5. The van der Waals surface area contributed by atoms with Crippen LogP contribution in [0.25, 0.3) is 0 Å². The third-order valence-electron chi connectivity index (χ3n) is 5.34. The number of hydrogen-bond acceptors (Lipinski definition) is 7. The number of benzene rings is 1. The van der Waals surface area contributed by atoms with Gasteiger partial charge in [-0.2, -0.15) is 8.97 Å². The van der Waals surface area contributed by atoms with Gasteiger partial charge in [0.05, 0.1) is 12.0 Å². The summed E-state index contributed by atoms with van der Waals surface area (Å²) in [6, 6.07) is -0.244. The molecule has 0 spiro atoms. The van der Waals surface area contributed by atoms with E-state index in [9.17, 15) is 28.7 Å². The number of nitrogens with one attached hydrogen (secondary N) is 1. The lowest BCUT2D eigenvalue weighted by Crippen LogP contribution is -2.50. The number of rotatable bonds is 6. The molecule has 0 amide bonds. The van der Waals surface area contributed by atoms with Gasteiger partial charge in [-0.3, -0.25) is 19.2 Å². The smallest absolute Gasteiger partial charge is 0.324 e. The summed E-state index contributed by atoms with van der Waals surface area (Å²) in [6.07, 6.45) is 0.660. The minimum atomic E-state index is -1.43. The molecule has 0 radical (unpaired) electrons. The highest BCUT2D eigenvalue weighted by Gasteiger charge is 2.42. The Morgan fingerprint density at radius 3 is 2.41 bits per heavy atom. The van der Waals surface area contributed by atoms with E-state index >= 15 is 4.39 Å². The van der Waals surface area contributed by atoms with Crippen LogP contribution in [0.15, 0.2) is 6.07 Å². The van der Waals surface area contributed by atoms with Crippen LogP contribution >= 0.6 is 0 Å². The zero-order valence-corrected chi connectivity index (χ0v) is 18.6. The van der Waals surface area contributed by atoms with E-state index in [1.807, 2.05) is 6.92 Å². The molecular formula is C21H27F2N4O7+. The molecule has 0 saturated carbocycles. The Hall–Kier alpha value is -3.45. The summed E-state index contributed by atoms with van der Waals surface area (Å²) >= 11 is 0. The van der Waals surface area contributed by atoms with Gasteiger partial charge in [0.25, 0.3) is 5.69 Å². The van der Waals surface area contributed by atoms with Gasteiger partial charge < -0.3 is 31.3 Å². The van der Waals surface area contributed by atoms with Gasteiger partial charge in [-0.15, -0.1) is 0 Å². The van der Waals surface area contributed by atoms with Gasteiger partial charge >= 0.3 is 17.9 Å². The monoisotopic (exact) mass is 485 g/mol. The van der Waals surface area contributed by atoms with Crippen molar-refractivity contribution in [1.82, 2.24) is 5.32 Å². The van der Waals surface area contributed by atoms with Crippen LogP contribution < -0.4 is 16.0 Å². The maximum absolute atomic E-state index is 15.2. The molecule has 34 heavy (non-hydrogen) atoms. The maximum Gasteiger partial charge on any atom is 0.324 e. The van der Waals surface area contributed by atoms with Gasteiger partial charge in [0.15, 0.2) is 23.7 Å². The van der Waals surface area contributed by atoms with E-state index in [0.29, 0.717) is 19.6 Å². The van der Waals surface area contributed by atoms with Crippen molar-refractivity contribution in [3.63, 3.8) is 0 Å². The molecule has 0 bridgehead atoms. The van der Waals surface area contributed by atoms with E-state index in [0.717, 1.165) is 6.07 Å². The van der Waals surface area contributed by atoms with E-state index in [1.54, 1.807) is 11.8 Å². The second kappa shape index (κ2) is 11.1. The van der Waals surface area contributed by atoms with Gasteiger partial charge in [0.1, 0.15) is 18.3 Å². The van der Waals surface area contributed by atoms with Crippen LogP contribution in [0.3, 0.4) is 0 Å². The first-order valence-electron chi connectivity index (χ1n) is 10.5. The van der Waals surface area contributed by atoms with Gasteiger partial charge in [-0.25, -0.2) is 4.39 Å². The summed E-state index contributed by atoms with van der Waals surface area (Å²) in [6.45, 7) is 5.38. The summed E-state index contributed by atoms with van der Waals surface area (Å²) in [7, 11) is 0. The van der Waals surface area contributed by atoms with Crippen LogP contribution in [0.2, 0.25) is 0 Å². The number of Topliss-reactive ketones (excluding diaryl/α,β-unsaturated/α-hetero) is 1. The Balaban J connectivity index is 0.000000387. The molecule has 1 aromatic carbocycles. The number of halogens is 2. The van der Waals surface area contributed by atoms with Crippen molar-refractivity contribution in [2.24, 2.45) is 11.7 Å². The number of hydrogen-bond donors (Lipinski definition) is 5. The Morgan fingerprint density at radius 2 is 1.94 bits per heavy atom. The van der Waals surface area contributed by atoms with Crippen molar-refractivity contribution in [3.05, 3.63) is 23.3 Å². The van der Waals surface area contributed by atoms with E-state index in [-0.39, 0.29) is 29.5 Å². The van der Waals surface area contributed by atoms with Crippen molar-refractivity contribution < 1.29 is 47.9 Å². The number of nitrogens with zero attached hydrogens (tertiary/aromatic N) is 2. The number of carbonyl (C=O) groups excluding carboxylic acids is 1. The van der Waals surface area contributed by atoms with Crippen LogP contribution in [0, 0.1) is 17.6 Å². The molecular weight excluding hydrogens is 458 g/mol. The fourth-order valence-corrected chi connectivity index (χ4v) is 3.70. The van der Waals surface area contributed by atoms with Crippen LogP contribution in [0.1, 0.15) is 30.6 Å². The quantitative estimate of drug-likeness (QED) is 0.278. The van der Waals surface area contributed by atoms with Gasteiger partial charge in [-0.1, -0.05) is 0 Å². The van der Waals surface area contributed by atoms with Gasteiger partial charge in [0.2, 0.25) is 5.82 Å². The van der Waals surface area contributed by atoms with E-state index < -0.39 is 53.7 Å². The number of nitrogens with two attached hydrogens (primary N) is 1. The average molecular weight is 485 g/mol. The molecule has 3 unspecified atom stereocenters. The predicted octanol–water partition coefficient (Wildman–Crippen LogP) is 0.268. The third kappa shape index (κ3) is 5.91. The molecule has 1 fully saturated rings. The molecule has 186 valence electrons. The molecule has 6 N–H and O–H groups in total. The molecule has 3 atom stereocenters. The number of anilines is 1. The number of carbonyl (C=O) groups is 4. The zero-order chi connectivity index (χ0) is 25.7. The Kier molecular flexibility index (Phi) is 8.76. The first-order chi connectivity index (χ1) is 15.9. The van der Waals surface area contributed by atoms with Crippen molar-refractivity contribution in [1.29, 1.82) is 0 Å². The Labute approximate surface area is 193 Å². The molecule has 1 aromatic rings. The number of ketones is 1. The molecule has 1 saturated heterocycles. The molecule has 0 aromatic heterocycles. The minimum absolute atomic E-state index is 0.0485. The second-order valence-corrected chi connectivity index (χ2v) is 7.88. The van der Waals surface area contributed by atoms with Crippen LogP contribution in [0.5, 0.6) is 0 Å². The number of aliphatic carboxylic acids is 3. The fourth-order valence-electron chi connectivity index (χ4n) is 3.70. The molecule has 13 heteroatoms. The molecule has 2 aliphatic rings. The summed E-state index contributed by atoms with van der Waals surface area (Å²) in [5.74, 6) is -7.74. The zero-order valence-electron chi connectivity index (χ0n) is 18.6. The highest BCUT2D eigenvalue weighted by molar-refractivity contribution is 6.20. The second-order valence-electron chi connectivity index (χ2n) is 7.88. The van der Waals surface area contributed by atoms with E-state index in [4.69, 9.17) is 15.9 Å². The average Bonchev–Trinajstić information content (AvgIpc) is 2.74. The third-order valence-corrected chi connectivity index (χ3v) is 5.34. The molecule has 11 nitrogen and oxygen atoms in total. The largest absolute Gasteiger partial charge is 0.481 e. The Bertz CT molecular complexity index is 1030. The number of piperazine rings is 1. The molecule has 2 aliphatic heterocycles. The summed E-state index contributed by atoms with van der Waals surface area (Å²) < 4.78 is 31.2. The number of carboxylic acid groups (broad SMARTS) is 3. The fraction of sp³-hybridized carbons (Fsp3) is 0.476. The van der Waals surface area contributed by atoms with Crippen molar-refractivity contribution in [3.8, 4) is 0 Å². The topological polar surface area (TPSA) is 173 Å². The lowest BCUT2D eigenvalue weighted by atomic mass is 9.92. The predicted molar refractivity (Wildman–Crippen MR) is 116 cm³/mol. The lowest BCUT2D eigenvalue weighted by molar-refractivity contribution is -0.436. The number of carboxylic acids is 3. The van der Waals surface area contributed by atoms with Crippen LogP contribution in [-0.2, 0) is 14.4 Å². The van der Waals surface area contributed by atoms with Crippen molar-refractivity contribution in [2.45, 2.75) is 32.4 Å². The van der Waals surface area contributed by atoms with E-state index in [2.05, 4.69) is 5.32 Å². The summed E-state index contributed by atoms with van der Waals surface area (Å²) in [5.41, 5.74) is 4.40. The molecule has 0 aliphatic carbocycles. The summed E-state index contributed by atoms with van der Waals surface area (Å²) in [5, 5.41) is 28.4. The molecule has 3 rings (SSSR count). The van der Waals surface area contributed by atoms with Gasteiger partial charge in [0, 0.05) is 25.7 Å². The minimum Gasteiger partial charge on any atom is -0.481 e. The van der Waals surface area contributed by atoms with Crippen LogP contribution in [-0.4, -0.2) is 88.1 Å². The SMILES string of the molecule is CC[N+]1=CC(C(=O)O)C(=O)c2cc(F)c(N3CCNC(C)C3)c(F)c21.NC(CC(=O)O)C(=O)O. The van der Waals surface area contributed by atoms with E-state index in [1.165, 1.54) is 10.8 Å². The Morgan fingerprint density at radius 1 is 1.29 bits per heavy atom. The van der Waals surface area contributed by atoms with Crippen molar-refractivity contribution in [2.75, 3.05) is 31.1 Å². The highest BCUT2D eigenvalue weighted by Crippen LogP contribution is 2.37. The number of fused-ring (bicyclic) bond motifs is 1. The highest BCUT2D eigenvalue weighted by atomic mass is 19.1. The normalized spacial score (nSPS) is 20.4. The standard InChI is InChI=1S/C17H19F2N3O3.C4H7NO4/c1-3-21-8-11(17(24)25)16(23)10-6-12(18)15(13(19)14(10)21)22-5-4-20-9(2)7-22;5-2(4(8)9)1-3(6)7/h6,8-9,11,20H,3-5,7H2,1-2H3;2H,1,5H2,(H,6,7)(H,8,9)/p+1. The van der Waals surface area contributed by atoms with Crippen molar-refractivity contribution >= 4 is 41.3 Å². The lowest BCUT2D eigenvalue weighted by Gasteiger charge is -2.34.